The molecule has 0 amide bonds. The highest BCUT2D eigenvalue weighted by molar-refractivity contribution is 5.66. The van der Waals surface area contributed by atoms with E-state index in [2.05, 4.69) is 20.3 Å². The van der Waals surface area contributed by atoms with Crippen LogP contribution in [0, 0.1) is 0 Å². The molecule has 0 bridgehead atoms. The number of nitrogen functional groups attached to an aromatic ring is 1. The van der Waals surface area contributed by atoms with Gasteiger partial charge in [-0.1, -0.05) is 6.07 Å². The van der Waals surface area contributed by atoms with Crippen molar-refractivity contribution in [1.29, 1.82) is 0 Å². The monoisotopic (exact) mass is 259 g/mol. The third-order valence-corrected chi connectivity index (χ3v) is 2.67. The van der Waals surface area contributed by atoms with Crippen LogP contribution in [-0.4, -0.2) is 21.6 Å². The van der Waals surface area contributed by atoms with Gasteiger partial charge in [-0.25, -0.2) is 4.98 Å². The SMILES string of the molecule is CCOc1ncnc(NC(C)c2cccnc2)c1N. The van der Waals surface area contributed by atoms with Gasteiger partial charge in [0.1, 0.15) is 12.0 Å². The number of rotatable bonds is 5. The Morgan fingerprint density at radius 2 is 2.26 bits per heavy atom. The summed E-state index contributed by atoms with van der Waals surface area (Å²) < 4.78 is 5.34. The molecule has 100 valence electrons. The minimum atomic E-state index is 0.0420. The van der Waals surface area contributed by atoms with Gasteiger partial charge in [-0.3, -0.25) is 4.98 Å². The lowest BCUT2D eigenvalue weighted by Crippen LogP contribution is -2.11. The van der Waals surface area contributed by atoms with E-state index in [0.29, 0.717) is 24.0 Å². The Labute approximate surface area is 112 Å². The van der Waals surface area contributed by atoms with Crippen molar-refractivity contribution in [2.24, 2.45) is 0 Å². The van der Waals surface area contributed by atoms with Crippen molar-refractivity contribution in [3.63, 3.8) is 0 Å². The van der Waals surface area contributed by atoms with Crippen molar-refractivity contribution < 1.29 is 4.74 Å². The first-order valence-corrected chi connectivity index (χ1v) is 6.12. The second-order valence-electron chi connectivity index (χ2n) is 4.03. The van der Waals surface area contributed by atoms with Crippen molar-refractivity contribution >= 4 is 11.5 Å². The summed E-state index contributed by atoms with van der Waals surface area (Å²) in [5.41, 5.74) is 7.44. The first-order valence-electron chi connectivity index (χ1n) is 6.12. The number of hydrogen-bond acceptors (Lipinski definition) is 6. The number of nitrogens with one attached hydrogen (secondary N) is 1. The number of nitrogens with two attached hydrogens (primary N) is 1. The van der Waals surface area contributed by atoms with Crippen LogP contribution >= 0.6 is 0 Å². The van der Waals surface area contributed by atoms with Gasteiger partial charge in [-0.15, -0.1) is 0 Å². The molecule has 6 nitrogen and oxygen atoms in total. The third-order valence-electron chi connectivity index (χ3n) is 2.67. The molecule has 0 aliphatic heterocycles. The maximum Gasteiger partial charge on any atom is 0.242 e. The zero-order valence-corrected chi connectivity index (χ0v) is 11.0. The maximum atomic E-state index is 5.97. The largest absolute Gasteiger partial charge is 0.476 e. The summed E-state index contributed by atoms with van der Waals surface area (Å²) in [5, 5.41) is 3.23. The Bertz CT molecular complexity index is 532. The first kappa shape index (κ1) is 13.1. The van der Waals surface area contributed by atoms with Crippen LogP contribution in [0.25, 0.3) is 0 Å². The molecule has 3 N–H and O–H groups in total. The fourth-order valence-corrected chi connectivity index (χ4v) is 1.67. The first-order chi connectivity index (χ1) is 9.22. The van der Waals surface area contributed by atoms with E-state index < -0.39 is 0 Å². The summed E-state index contributed by atoms with van der Waals surface area (Å²) in [5.74, 6) is 0.966. The molecule has 2 rings (SSSR count). The molecule has 0 aliphatic carbocycles. The van der Waals surface area contributed by atoms with E-state index in [1.807, 2.05) is 26.0 Å². The zero-order chi connectivity index (χ0) is 13.7. The summed E-state index contributed by atoms with van der Waals surface area (Å²) in [4.78, 5) is 12.2. The average Bonchev–Trinajstić information content (AvgIpc) is 2.44. The van der Waals surface area contributed by atoms with E-state index in [1.54, 1.807) is 12.4 Å². The highest BCUT2D eigenvalue weighted by atomic mass is 16.5. The highest BCUT2D eigenvalue weighted by Crippen LogP contribution is 2.27. The van der Waals surface area contributed by atoms with Gasteiger partial charge in [0.25, 0.3) is 0 Å². The van der Waals surface area contributed by atoms with Gasteiger partial charge in [-0.2, -0.15) is 4.98 Å². The molecule has 2 aromatic heterocycles. The van der Waals surface area contributed by atoms with E-state index in [0.717, 1.165) is 5.56 Å². The molecule has 0 spiro atoms. The number of pyridine rings is 1. The van der Waals surface area contributed by atoms with Crippen LogP contribution in [0.3, 0.4) is 0 Å². The highest BCUT2D eigenvalue weighted by Gasteiger charge is 2.12. The van der Waals surface area contributed by atoms with E-state index in [9.17, 15) is 0 Å². The van der Waals surface area contributed by atoms with E-state index in [4.69, 9.17) is 10.5 Å². The Morgan fingerprint density at radius 3 is 2.95 bits per heavy atom. The Morgan fingerprint density at radius 1 is 1.42 bits per heavy atom. The lowest BCUT2D eigenvalue weighted by Gasteiger charge is -2.16. The molecular formula is C13H17N5O. The van der Waals surface area contributed by atoms with Gasteiger partial charge in [0.05, 0.1) is 12.6 Å². The summed E-state index contributed by atoms with van der Waals surface area (Å²) in [6.07, 6.45) is 4.97. The number of nitrogens with zero attached hydrogens (tertiary/aromatic N) is 3. The number of ether oxygens (including phenoxy) is 1. The molecule has 0 saturated heterocycles. The molecule has 19 heavy (non-hydrogen) atoms. The van der Waals surface area contributed by atoms with Gasteiger partial charge < -0.3 is 15.8 Å². The minimum Gasteiger partial charge on any atom is -0.476 e. The van der Waals surface area contributed by atoms with Crippen molar-refractivity contribution in [1.82, 2.24) is 15.0 Å². The summed E-state index contributed by atoms with van der Waals surface area (Å²) >= 11 is 0. The lowest BCUT2D eigenvalue weighted by atomic mass is 10.1. The summed E-state index contributed by atoms with van der Waals surface area (Å²) in [6, 6.07) is 3.92. The molecule has 0 radical (unpaired) electrons. The van der Waals surface area contributed by atoms with Crippen molar-refractivity contribution in [3.8, 4) is 5.88 Å². The van der Waals surface area contributed by atoms with Crippen LogP contribution in [0.5, 0.6) is 5.88 Å². The van der Waals surface area contributed by atoms with E-state index in [-0.39, 0.29) is 6.04 Å². The molecule has 0 aromatic carbocycles. The molecule has 2 aromatic rings. The van der Waals surface area contributed by atoms with E-state index >= 15 is 0 Å². The molecule has 2 heterocycles. The van der Waals surface area contributed by atoms with Crippen LogP contribution in [0.15, 0.2) is 30.9 Å². The number of aromatic nitrogens is 3. The van der Waals surface area contributed by atoms with Crippen LogP contribution in [0.1, 0.15) is 25.5 Å². The van der Waals surface area contributed by atoms with Gasteiger partial charge in [0.2, 0.25) is 5.88 Å². The maximum absolute atomic E-state index is 5.97. The van der Waals surface area contributed by atoms with Gasteiger partial charge in [0, 0.05) is 12.4 Å². The lowest BCUT2D eigenvalue weighted by molar-refractivity contribution is 0.328. The number of anilines is 2. The second-order valence-corrected chi connectivity index (χ2v) is 4.03. The minimum absolute atomic E-state index is 0.0420. The molecule has 1 atom stereocenters. The van der Waals surface area contributed by atoms with Crippen molar-refractivity contribution in [2.75, 3.05) is 17.7 Å². The molecule has 6 heteroatoms. The molecule has 1 unspecified atom stereocenters. The average molecular weight is 259 g/mol. The van der Waals surface area contributed by atoms with Crippen LogP contribution in [0.4, 0.5) is 11.5 Å². The normalized spacial score (nSPS) is 11.9. The topological polar surface area (TPSA) is 86.0 Å². The van der Waals surface area contributed by atoms with Crippen LogP contribution < -0.4 is 15.8 Å². The summed E-state index contributed by atoms with van der Waals surface area (Å²) in [6.45, 7) is 4.41. The molecule has 0 saturated carbocycles. The third kappa shape index (κ3) is 3.09. The van der Waals surface area contributed by atoms with Gasteiger partial charge >= 0.3 is 0 Å². The second kappa shape index (κ2) is 5.99. The fraction of sp³-hybridized carbons (Fsp3) is 0.308. The zero-order valence-electron chi connectivity index (χ0n) is 11.0. The smallest absolute Gasteiger partial charge is 0.242 e. The van der Waals surface area contributed by atoms with Crippen LogP contribution in [0.2, 0.25) is 0 Å². The fourth-order valence-electron chi connectivity index (χ4n) is 1.67. The standard InChI is InChI=1S/C13H17N5O/c1-3-19-13-11(14)12(16-8-17-13)18-9(2)10-5-4-6-15-7-10/h4-9H,3,14H2,1-2H3,(H,16,17,18). The quantitative estimate of drug-likeness (QED) is 0.854. The predicted octanol–water partition coefficient (Wildman–Crippen LogP) is 2.03. The molecule has 0 fully saturated rings. The summed E-state index contributed by atoms with van der Waals surface area (Å²) in [7, 11) is 0. The molecular weight excluding hydrogens is 242 g/mol. The van der Waals surface area contributed by atoms with Gasteiger partial charge in [0.15, 0.2) is 5.82 Å². The van der Waals surface area contributed by atoms with Gasteiger partial charge in [-0.05, 0) is 25.5 Å². The number of hydrogen-bond donors (Lipinski definition) is 2. The Balaban J connectivity index is 2.17. The van der Waals surface area contributed by atoms with E-state index in [1.165, 1.54) is 6.33 Å². The van der Waals surface area contributed by atoms with Crippen LogP contribution in [-0.2, 0) is 0 Å². The Kier molecular flexibility index (Phi) is 4.12. The predicted molar refractivity (Wildman–Crippen MR) is 73.9 cm³/mol. The molecule has 0 aliphatic rings. The Hall–Kier alpha value is -2.37. The van der Waals surface area contributed by atoms with Crippen molar-refractivity contribution in [3.05, 3.63) is 36.4 Å². The van der Waals surface area contributed by atoms with Crippen molar-refractivity contribution in [2.45, 2.75) is 19.9 Å².